The SMILES string of the molecule is Cn1ccc(NCCc2ccccc2[N+](=O)[O-])n1. The van der Waals surface area contributed by atoms with Crippen molar-refractivity contribution in [2.45, 2.75) is 6.42 Å². The van der Waals surface area contributed by atoms with Gasteiger partial charge in [-0.15, -0.1) is 0 Å². The van der Waals surface area contributed by atoms with Crippen LogP contribution >= 0.6 is 0 Å². The zero-order valence-corrected chi connectivity index (χ0v) is 10.0. The average molecular weight is 246 g/mol. The number of hydrogen-bond donors (Lipinski definition) is 1. The fourth-order valence-electron chi connectivity index (χ4n) is 1.73. The van der Waals surface area contributed by atoms with Gasteiger partial charge >= 0.3 is 0 Å². The molecule has 1 heterocycles. The van der Waals surface area contributed by atoms with E-state index in [1.807, 2.05) is 25.4 Å². The van der Waals surface area contributed by atoms with Crippen molar-refractivity contribution in [1.82, 2.24) is 9.78 Å². The highest BCUT2D eigenvalue weighted by Crippen LogP contribution is 2.18. The summed E-state index contributed by atoms with van der Waals surface area (Å²) < 4.78 is 1.70. The predicted molar refractivity (Wildman–Crippen MR) is 68.5 cm³/mol. The van der Waals surface area contributed by atoms with Gasteiger partial charge in [-0.1, -0.05) is 18.2 Å². The lowest BCUT2D eigenvalue weighted by Gasteiger charge is -2.04. The van der Waals surface area contributed by atoms with Gasteiger partial charge in [0.25, 0.3) is 5.69 Å². The Labute approximate surface area is 104 Å². The summed E-state index contributed by atoms with van der Waals surface area (Å²) in [7, 11) is 1.84. The molecule has 1 aromatic heterocycles. The van der Waals surface area contributed by atoms with Gasteiger partial charge in [0.1, 0.15) is 5.82 Å². The molecular formula is C12H14N4O2. The van der Waals surface area contributed by atoms with Crippen molar-refractivity contribution in [2.24, 2.45) is 7.05 Å². The first-order chi connectivity index (χ1) is 8.66. The molecule has 0 radical (unpaired) electrons. The fourth-order valence-corrected chi connectivity index (χ4v) is 1.73. The van der Waals surface area contributed by atoms with Gasteiger partial charge in [-0.3, -0.25) is 14.8 Å². The zero-order chi connectivity index (χ0) is 13.0. The average Bonchev–Trinajstić information content (AvgIpc) is 2.75. The van der Waals surface area contributed by atoms with Crippen LogP contribution in [0.5, 0.6) is 0 Å². The van der Waals surface area contributed by atoms with Crippen molar-refractivity contribution in [3.8, 4) is 0 Å². The number of para-hydroxylation sites is 1. The van der Waals surface area contributed by atoms with E-state index < -0.39 is 0 Å². The second-order valence-corrected chi connectivity index (χ2v) is 3.94. The topological polar surface area (TPSA) is 73.0 Å². The van der Waals surface area contributed by atoms with Crippen LogP contribution in [0.1, 0.15) is 5.56 Å². The number of nitro benzene ring substituents is 1. The number of nitrogens with zero attached hydrogens (tertiary/aromatic N) is 3. The van der Waals surface area contributed by atoms with Crippen molar-refractivity contribution in [3.63, 3.8) is 0 Å². The van der Waals surface area contributed by atoms with E-state index in [4.69, 9.17) is 0 Å². The Kier molecular flexibility index (Phi) is 3.57. The number of anilines is 1. The molecule has 94 valence electrons. The van der Waals surface area contributed by atoms with Crippen molar-refractivity contribution in [2.75, 3.05) is 11.9 Å². The summed E-state index contributed by atoms with van der Waals surface area (Å²) >= 11 is 0. The van der Waals surface area contributed by atoms with Crippen molar-refractivity contribution < 1.29 is 4.92 Å². The molecule has 0 atom stereocenters. The van der Waals surface area contributed by atoms with E-state index in [0.717, 1.165) is 11.4 Å². The van der Waals surface area contributed by atoms with Crippen molar-refractivity contribution in [1.29, 1.82) is 0 Å². The Bertz CT molecular complexity index is 551. The molecule has 0 amide bonds. The van der Waals surface area contributed by atoms with E-state index in [-0.39, 0.29) is 10.6 Å². The van der Waals surface area contributed by atoms with E-state index in [1.165, 1.54) is 6.07 Å². The second kappa shape index (κ2) is 5.31. The summed E-state index contributed by atoms with van der Waals surface area (Å²) in [5.74, 6) is 0.774. The number of aromatic nitrogens is 2. The van der Waals surface area contributed by atoms with E-state index in [0.29, 0.717) is 13.0 Å². The molecule has 0 saturated heterocycles. The summed E-state index contributed by atoms with van der Waals surface area (Å²) in [5, 5.41) is 18.1. The number of nitro groups is 1. The van der Waals surface area contributed by atoms with Crippen LogP contribution in [0, 0.1) is 10.1 Å². The Morgan fingerprint density at radius 2 is 2.17 bits per heavy atom. The van der Waals surface area contributed by atoms with Gasteiger partial charge in [0.2, 0.25) is 0 Å². The first kappa shape index (κ1) is 12.1. The second-order valence-electron chi connectivity index (χ2n) is 3.94. The van der Waals surface area contributed by atoms with Gasteiger partial charge in [0.15, 0.2) is 0 Å². The Morgan fingerprint density at radius 3 is 2.83 bits per heavy atom. The molecule has 0 spiro atoms. The van der Waals surface area contributed by atoms with Crippen LogP contribution in [0.4, 0.5) is 11.5 Å². The van der Waals surface area contributed by atoms with Crippen LogP contribution in [0.3, 0.4) is 0 Å². The molecule has 0 saturated carbocycles. The standard InChI is InChI=1S/C12H14N4O2/c1-15-9-7-12(14-15)13-8-6-10-4-2-3-5-11(10)16(17)18/h2-5,7,9H,6,8H2,1H3,(H,13,14). The third kappa shape index (κ3) is 2.85. The molecular weight excluding hydrogens is 232 g/mol. The molecule has 0 fully saturated rings. The first-order valence-electron chi connectivity index (χ1n) is 5.62. The Morgan fingerprint density at radius 1 is 1.39 bits per heavy atom. The van der Waals surface area contributed by atoms with E-state index >= 15 is 0 Å². The summed E-state index contributed by atoms with van der Waals surface area (Å²) in [4.78, 5) is 10.5. The van der Waals surface area contributed by atoms with Gasteiger partial charge < -0.3 is 5.32 Å². The number of benzene rings is 1. The van der Waals surface area contributed by atoms with Crippen LogP contribution in [0.25, 0.3) is 0 Å². The van der Waals surface area contributed by atoms with Crippen LogP contribution in [0.15, 0.2) is 36.5 Å². The molecule has 0 unspecified atom stereocenters. The number of aryl methyl sites for hydroxylation is 1. The highest BCUT2D eigenvalue weighted by atomic mass is 16.6. The lowest BCUT2D eigenvalue weighted by molar-refractivity contribution is -0.385. The smallest absolute Gasteiger partial charge is 0.272 e. The molecule has 2 rings (SSSR count). The van der Waals surface area contributed by atoms with Gasteiger partial charge in [-0.25, -0.2) is 0 Å². The molecule has 1 aromatic carbocycles. The van der Waals surface area contributed by atoms with Gasteiger partial charge in [-0.2, -0.15) is 5.10 Å². The van der Waals surface area contributed by atoms with E-state index in [1.54, 1.807) is 16.8 Å². The zero-order valence-electron chi connectivity index (χ0n) is 10.0. The monoisotopic (exact) mass is 246 g/mol. The van der Waals surface area contributed by atoms with Crippen LogP contribution in [0.2, 0.25) is 0 Å². The lowest BCUT2D eigenvalue weighted by atomic mass is 10.1. The minimum absolute atomic E-state index is 0.167. The summed E-state index contributed by atoms with van der Waals surface area (Å²) in [5.41, 5.74) is 0.895. The van der Waals surface area contributed by atoms with Crippen LogP contribution in [-0.2, 0) is 13.5 Å². The predicted octanol–water partition coefficient (Wildman–Crippen LogP) is 1.98. The molecule has 6 heteroatoms. The minimum atomic E-state index is -0.351. The molecule has 0 aliphatic carbocycles. The number of rotatable bonds is 5. The maximum atomic E-state index is 10.8. The molecule has 0 bridgehead atoms. The largest absolute Gasteiger partial charge is 0.368 e. The van der Waals surface area contributed by atoms with Gasteiger partial charge in [0, 0.05) is 37.5 Å². The third-order valence-electron chi connectivity index (χ3n) is 2.60. The molecule has 0 aliphatic rings. The van der Waals surface area contributed by atoms with E-state index in [2.05, 4.69) is 10.4 Å². The molecule has 1 N–H and O–H groups in total. The first-order valence-corrected chi connectivity index (χ1v) is 5.62. The number of hydrogen-bond acceptors (Lipinski definition) is 4. The van der Waals surface area contributed by atoms with Crippen molar-refractivity contribution >= 4 is 11.5 Å². The van der Waals surface area contributed by atoms with E-state index in [9.17, 15) is 10.1 Å². The minimum Gasteiger partial charge on any atom is -0.368 e. The Balaban J connectivity index is 1.96. The highest BCUT2D eigenvalue weighted by Gasteiger charge is 2.11. The summed E-state index contributed by atoms with van der Waals surface area (Å²) in [6.45, 7) is 0.613. The van der Waals surface area contributed by atoms with Crippen LogP contribution in [-0.4, -0.2) is 21.2 Å². The summed E-state index contributed by atoms with van der Waals surface area (Å²) in [6, 6.07) is 8.64. The number of nitrogens with one attached hydrogen (secondary N) is 1. The molecule has 0 aliphatic heterocycles. The third-order valence-corrected chi connectivity index (χ3v) is 2.60. The van der Waals surface area contributed by atoms with Gasteiger partial charge in [-0.05, 0) is 6.42 Å². The lowest BCUT2D eigenvalue weighted by Crippen LogP contribution is -2.07. The molecule has 18 heavy (non-hydrogen) atoms. The maximum absolute atomic E-state index is 10.8. The molecule has 6 nitrogen and oxygen atoms in total. The van der Waals surface area contributed by atoms with Crippen molar-refractivity contribution in [3.05, 3.63) is 52.2 Å². The van der Waals surface area contributed by atoms with Crippen LogP contribution < -0.4 is 5.32 Å². The highest BCUT2D eigenvalue weighted by molar-refractivity contribution is 5.41. The van der Waals surface area contributed by atoms with Gasteiger partial charge in [0.05, 0.1) is 4.92 Å². The maximum Gasteiger partial charge on any atom is 0.272 e. The normalized spacial score (nSPS) is 10.3. The molecule has 2 aromatic rings. The Hall–Kier alpha value is -2.37. The quantitative estimate of drug-likeness (QED) is 0.646. The summed E-state index contributed by atoms with van der Waals surface area (Å²) in [6.07, 6.45) is 2.43. The fraction of sp³-hybridized carbons (Fsp3) is 0.250.